The zero-order valence-corrected chi connectivity index (χ0v) is 19.1. The van der Waals surface area contributed by atoms with E-state index in [-0.39, 0.29) is 11.3 Å². The number of benzene rings is 3. The SMILES string of the molecule is CCCOc1ccc(C(=O)Nc2cccc(C(=O)Nc3cccc(C(F)(F)F)c3)c2)cc1Br. The van der Waals surface area contributed by atoms with E-state index in [4.69, 9.17) is 4.74 Å². The summed E-state index contributed by atoms with van der Waals surface area (Å²) < 4.78 is 44.9. The number of hydrogen-bond acceptors (Lipinski definition) is 3. The quantitative estimate of drug-likeness (QED) is 0.361. The van der Waals surface area contributed by atoms with Gasteiger partial charge in [-0.1, -0.05) is 19.1 Å². The third kappa shape index (κ3) is 6.58. The van der Waals surface area contributed by atoms with Crippen LogP contribution in [0.1, 0.15) is 39.6 Å². The Morgan fingerprint density at radius 2 is 1.48 bits per heavy atom. The van der Waals surface area contributed by atoms with E-state index in [1.165, 1.54) is 24.3 Å². The van der Waals surface area contributed by atoms with Crippen LogP contribution in [0.5, 0.6) is 5.75 Å². The smallest absolute Gasteiger partial charge is 0.416 e. The Labute approximate surface area is 197 Å². The minimum Gasteiger partial charge on any atom is -0.492 e. The van der Waals surface area contributed by atoms with Gasteiger partial charge in [-0.15, -0.1) is 0 Å². The van der Waals surface area contributed by atoms with Gasteiger partial charge in [-0.25, -0.2) is 0 Å². The number of nitrogens with one attached hydrogen (secondary N) is 2. The molecular weight excluding hydrogens is 501 g/mol. The van der Waals surface area contributed by atoms with Crippen LogP contribution in [0.25, 0.3) is 0 Å². The molecule has 0 bridgehead atoms. The van der Waals surface area contributed by atoms with Crippen LogP contribution in [0.3, 0.4) is 0 Å². The number of ether oxygens (including phenoxy) is 1. The summed E-state index contributed by atoms with van der Waals surface area (Å²) in [6.45, 7) is 2.54. The minimum absolute atomic E-state index is 0.0134. The van der Waals surface area contributed by atoms with Crippen molar-refractivity contribution in [3.63, 3.8) is 0 Å². The normalized spacial score (nSPS) is 11.1. The largest absolute Gasteiger partial charge is 0.492 e. The summed E-state index contributed by atoms with van der Waals surface area (Å²) in [6.07, 6.45) is -3.66. The Kier molecular flexibility index (Phi) is 7.75. The number of rotatable bonds is 7. The average molecular weight is 521 g/mol. The van der Waals surface area contributed by atoms with Gasteiger partial charge >= 0.3 is 6.18 Å². The molecule has 33 heavy (non-hydrogen) atoms. The molecule has 0 spiro atoms. The molecule has 0 unspecified atom stereocenters. The predicted molar refractivity (Wildman–Crippen MR) is 124 cm³/mol. The van der Waals surface area contributed by atoms with Gasteiger partial charge in [0.1, 0.15) is 5.75 Å². The van der Waals surface area contributed by atoms with Crippen molar-refractivity contribution in [3.05, 3.63) is 87.9 Å². The molecule has 0 saturated carbocycles. The van der Waals surface area contributed by atoms with E-state index in [2.05, 4.69) is 26.6 Å². The van der Waals surface area contributed by atoms with E-state index in [0.717, 1.165) is 18.6 Å². The van der Waals surface area contributed by atoms with E-state index in [0.29, 0.717) is 28.1 Å². The molecule has 0 aliphatic rings. The molecule has 3 rings (SSSR count). The van der Waals surface area contributed by atoms with Crippen molar-refractivity contribution in [2.45, 2.75) is 19.5 Å². The zero-order chi connectivity index (χ0) is 24.0. The summed E-state index contributed by atoms with van der Waals surface area (Å²) in [5.74, 6) is -0.375. The number of carbonyl (C=O) groups excluding carboxylic acids is 2. The maximum Gasteiger partial charge on any atom is 0.416 e. The fourth-order valence-corrected chi connectivity index (χ4v) is 3.38. The molecule has 2 amide bonds. The molecule has 172 valence electrons. The van der Waals surface area contributed by atoms with Gasteiger partial charge in [0, 0.05) is 22.5 Å². The molecule has 0 aliphatic carbocycles. The van der Waals surface area contributed by atoms with Crippen LogP contribution in [0.4, 0.5) is 24.5 Å². The Morgan fingerprint density at radius 1 is 0.879 bits per heavy atom. The van der Waals surface area contributed by atoms with Crippen molar-refractivity contribution in [1.82, 2.24) is 0 Å². The van der Waals surface area contributed by atoms with Gasteiger partial charge in [-0.05, 0) is 76.9 Å². The topological polar surface area (TPSA) is 67.4 Å². The number of amides is 2. The summed E-state index contributed by atoms with van der Waals surface area (Å²) in [5.41, 5.74) is 0.0662. The van der Waals surface area contributed by atoms with Gasteiger partial charge in [0.2, 0.25) is 0 Å². The van der Waals surface area contributed by atoms with Crippen LogP contribution in [-0.4, -0.2) is 18.4 Å². The highest BCUT2D eigenvalue weighted by molar-refractivity contribution is 9.10. The highest BCUT2D eigenvalue weighted by Gasteiger charge is 2.30. The van der Waals surface area contributed by atoms with E-state index < -0.39 is 23.6 Å². The first-order valence-electron chi connectivity index (χ1n) is 9.99. The number of alkyl halides is 3. The molecule has 0 fully saturated rings. The molecule has 9 heteroatoms. The highest BCUT2D eigenvalue weighted by Crippen LogP contribution is 2.31. The van der Waals surface area contributed by atoms with Crippen LogP contribution >= 0.6 is 15.9 Å². The molecule has 3 aromatic carbocycles. The number of anilines is 2. The number of hydrogen-bond donors (Lipinski definition) is 2. The van der Waals surface area contributed by atoms with Crippen LogP contribution in [0, 0.1) is 0 Å². The van der Waals surface area contributed by atoms with Gasteiger partial charge in [0.15, 0.2) is 0 Å². The Bertz CT molecular complexity index is 1170. The van der Waals surface area contributed by atoms with Crippen molar-refractivity contribution in [3.8, 4) is 5.75 Å². The zero-order valence-electron chi connectivity index (χ0n) is 17.5. The lowest BCUT2D eigenvalue weighted by Crippen LogP contribution is -2.15. The Hall–Kier alpha value is -3.33. The second kappa shape index (κ2) is 10.5. The van der Waals surface area contributed by atoms with Gasteiger partial charge < -0.3 is 15.4 Å². The summed E-state index contributed by atoms with van der Waals surface area (Å²) in [4.78, 5) is 25.1. The summed E-state index contributed by atoms with van der Waals surface area (Å²) in [7, 11) is 0. The monoisotopic (exact) mass is 520 g/mol. The molecule has 0 saturated heterocycles. The van der Waals surface area contributed by atoms with Crippen LogP contribution in [0.2, 0.25) is 0 Å². The molecule has 3 aromatic rings. The standard InChI is InChI=1S/C24H20BrF3N2O3/c1-2-11-33-21-10-9-16(13-20(21)25)23(32)29-18-7-3-5-15(12-18)22(31)30-19-8-4-6-17(14-19)24(26,27)28/h3-10,12-14H,2,11H2,1H3,(H,29,32)(H,30,31). The van der Waals surface area contributed by atoms with Crippen molar-refractivity contribution < 1.29 is 27.5 Å². The first-order chi connectivity index (χ1) is 15.7. The minimum atomic E-state index is -4.51. The maximum absolute atomic E-state index is 12.9. The van der Waals surface area contributed by atoms with Crippen LogP contribution in [-0.2, 0) is 6.18 Å². The molecular formula is C24H20BrF3N2O3. The number of halogens is 4. The molecule has 0 aliphatic heterocycles. The number of carbonyl (C=O) groups is 2. The highest BCUT2D eigenvalue weighted by atomic mass is 79.9. The maximum atomic E-state index is 12.9. The molecule has 0 heterocycles. The molecule has 2 N–H and O–H groups in total. The lowest BCUT2D eigenvalue weighted by atomic mass is 10.1. The van der Waals surface area contributed by atoms with Gasteiger partial charge in [-0.2, -0.15) is 13.2 Å². The summed E-state index contributed by atoms with van der Waals surface area (Å²) in [5, 5.41) is 5.15. The molecule has 0 atom stereocenters. The fraction of sp³-hybridized carbons (Fsp3) is 0.167. The van der Waals surface area contributed by atoms with E-state index in [9.17, 15) is 22.8 Å². The van der Waals surface area contributed by atoms with Crippen molar-refractivity contribution in [2.24, 2.45) is 0 Å². The third-order valence-electron chi connectivity index (χ3n) is 4.49. The van der Waals surface area contributed by atoms with Crippen molar-refractivity contribution in [1.29, 1.82) is 0 Å². The van der Waals surface area contributed by atoms with Gasteiger partial charge in [-0.3, -0.25) is 9.59 Å². The molecule has 0 radical (unpaired) electrons. The Balaban J connectivity index is 1.70. The first kappa shape index (κ1) is 24.3. The average Bonchev–Trinajstić information content (AvgIpc) is 2.78. The lowest BCUT2D eigenvalue weighted by molar-refractivity contribution is -0.137. The van der Waals surface area contributed by atoms with Crippen LogP contribution < -0.4 is 15.4 Å². The summed E-state index contributed by atoms with van der Waals surface area (Å²) in [6, 6.07) is 15.4. The lowest BCUT2D eigenvalue weighted by Gasteiger charge is -2.11. The van der Waals surface area contributed by atoms with Crippen LogP contribution in [0.15, 0.2) is 71.2 Å². The first-order valence-corrected chi connectivity index (χ1v) is 10.8. The van der Waals surface area contributed by atoms with E-state index >= 15 is 0 Å². The van der Waals surface area contributed by atoms with E-state index in [1.807, 2.05) is 6.92 Å². The second-order valence-corrected chi connectivity index (χ2v) is 7.92. The predicted octanol–water partition coefficient (Wildman–Crippen LogP) is 6.76. The van der Waals surface area contributed by atoms with Crippen molar-refractivity contribution >= 4 is 39.1 Å². The summed E-state index contributed by atoms with van der Waals surface area (Å²) >= 11 is 3.38. The Morgan fingerprint density at radius 3 is 2.09 bits per heavy atom. The third-order valence-corrected chi connectivity index (χ3v) is 5.11. The molecule has 0 aromatic heterocycles. The van der Waals surface area contributed by atoms with Gasteiger partial charge in [0.05, 0.1) is 16.6 Å². The molecule has 5 nitrogen and oxygen atoms in total. The fourth-order valence-electron chi connectivity index (χ4n) is 2.89. The van der Waals surface area contributed by atoms with Gasteiger partial charge in [0.25, 0.3) is 11.8 Å². The van der Waals surface area contributed by atoms with E-state index in [1.54, 1.807) is 30.3 Å². The van der Waals surface area contributed by atoms with Crippen molar-refractivity contribution in [2.75, 3.05) is 17.2 Å². The second-order valence-electron chi connectivity index (χ2n) is 7.06.